The van der Waals surface area contributed by atoms with E-state index < -0.39 is 0 Å². The molecule has 4 heterocycles. The molecule has 0 aliphatic carbocycles. The van der Waals surface area contributed by atoms with Gasteiger partial charge >= 0.3 is 0 Å². The predicted molar refractivity (Wildman–Crippen MR) is 90.0 cm³/mol. The second-order valence-electron chi connectivity index (χ2n) is 6.80. The number of piperidine rings is 1. The van der Waals surface area contributed by atoms with Crippen LogP contribution >= 0.6 is 0 Å². The highest BCUT2D eigenvalue weighted by Crippen LogP contribution is 2.37. The maximum Gasteiger partial charge on any atom is 0.257 e. The number of aromatic nitrogens is 1. The molecule has 6 nitrogen and oxygen atoms in total. The quantitative estimate of drug-likeness (QED) is 0.855. The van der Waals surface area contributed by atoms with Crippen molar-refractivity contribution in [3.05, 3.63) is 54.2 Å². The normalized spacial score (nSPS) is 22.4. The summed E-state index contributed by atoms with van der Waals surface area (Å²) in [5, 5.41) is 0. The molecule has 1 atom stereocenters. The largest absolute Gasteiger partial charge is 0.472 e. The molecule has 0 saturated carbocycles. The minimum Gasteiger partial charge on any atom is -0.472 e. The van der Waals surface area contributed by atoms with Gasteiger partial charge in [0.25, 0.3) is 5.91 Å². The molecular formula is C19H22N2O4. The zero-order chi connectivity index (χ0) is 17.1. The Labute approximate surface area is 146 Å². The average molecular weight is 342 g/mol. The van der Waals surface area contributed by atoms with E-state index in [1.807, 2.05) is 23.2 Å². The molecule has 1 unspecified atom stereocenters. The third kappa shape index (κ3) is 3.60. The third-order valence-corrected chi connectivity index (χ3v) is 5.11. The number of carbonyl (C=O) groups is 1. The van der Waals surface area contributed by atoms with Gasteiger partial charge in [-0.05, 0) is 30.5 Å². The fraction of sp³-hybridized carbons (Fsp3) is 0.474. The molecule has 2 aliphatic heterocycles. The van der Waals surface area contributed by atoms with Crippen LogP contribution in [0.1, 0.15) is 35.2 Å². The van der Waals surface area contributed by atoms with Gasteiger partial charge in [-0.25, -0.2) is 0 Å². The van der Waals surface area contributed by atoms with E-state index in [-0.39, 0.29) is 17.6 Å². The standard InChI is InChI=1S/C19H22N2O4/c22-18(16-3-9-23-13-16)21-7-4-19(5-8-21)10-17(14-25-19)24-12-15-2-1-6-20-11-15/h1-3,6,9,11,13,17H,4-5,7-8,10,12,14H2. The highest BCUT2D eigenvalue weighted by Gasteiger charge is 2.43. The molecule has 2 aliphatic rings. The van der Waals surface area contributed by atoms with E-state index in [0.29, 0.717) is 31.9 Å². The number of furan rings is 1. The molecule has 2 aromatic heterocycles. The lowest BCUT2D eigenvalue weighted by atomic mass is 9.88. The van der Waals surface area contributed by atoms with Crippen molar-refractivity contribution in [2.75, 3.05) is 19.7 Å². The number of hydrogen-bond acceptors (Lipinski definition) is 5. The molecule has 1 spiro atoms. The summed E-state index contributed by atoms with van der Waals surface area (Å²) in [6, 6.07) is 5.64. The zero-order valence-electron chi connectivity index (χ0n) is 14.1. The van der Waals surface area contributed by atoms with Crippen LogP contribution in [0.15, 0.2) is 47.5 Å². The molecule has 132 valence electrons. The van der Waals surface area contributed by atoms with Crippen LogP contribution in [0.25, 0.3) is 0 Å². The molecule has 25 heavy (non-hydrogen) atoms. The number of carbonyl (C=O) groups excluding carboxylic acids is 1. The summed E-state index contributed by atoms with van der Waals surface area (Å²) in [5.74, 6) is 0.0333. The number of pyridine rings is 1. The Balaban J connectivity index is 1.28. The maximum atomic E-state index is 12.4. The van der Waals surface area contributed by atoms with E-state index in [0.717, 1.165) is 24.8 Å². The van der Waals surface area contributed by atoms with Gasteiger partial charge in [-0.1, -0.05) is 6.07 Å². The summed E-state index contributed by atoms with van der Waals surface area (Å²) in [4.78, 5) is 18.4. The summed E-state index contributed by atoms with van der Waals surface area (Å²) in [7, 11) is 0. The number of likely N-dealkylation sites (tertiary alicyclic amines) is 1. The van der Waals surface area contributed by atoms with Gasteiger partial charge in [-0.3, -0.25) is 9.78 Å². The highest BCUT2D eigenvalue weighted by atomic mass is 16.6. The maximum absolute atomic E-state index is 12.4. The fourth-order valence-electron chi connectivity index (χ4n) is 3.64. The van der Waals surface area contributed by atoms with E-state index in [9.17, 15) is 4.79 Å². The van der Waals surface area contributed by atoms with Crippen molar-refractivity contribution in [2.45, 2.75) is 37.6 Å². The van der Waals surface area contributed by atoms with Crippen LogP contribution in [-0.2, 0) is 16.1 Å². The Morgan fingerprint density at radius 2 is 2.24 bits per heavy atom. The van der Waals surface area contributed by atoms with Gasteiger partial charge in [0.05, 0.1) is 36.7 Å². The summed E-state index contributed by atoms with van der Waals surface area (Å²) in [6.45, 7) is 2.59. The molecule has 2 saturated heterocycles. The second kappa shape index (κ2) is 6.98. The summed E-state index contributed by atoms with van der Waals surface area (Å²) in [6.07, 6.45) is 9.32. The first-order valence-corrected chi connectivity index (χ1v) is 8.70. The summed E-state index contributed by atoms with van der Waals surface area (Å²) < 4.78 is 17.1. The molecule has 0 aromatic carbocycles. The summed E-state index contributed by atoms with van der Waals surface area (Å²) >= 11 is 0. The molecule has 0 radical (unpaired) electrons. The first-order chi connectivity index (χ1) is 12.2. The van der Waals surface area contributed by atoms with Crippen molar-refractivity contribution in [2.24, 2.45) is 0 Å². The van der Waals surface area contributed by atoms with Crippen LogP contribution in [0.3, 0.4) is 0 Å². The molecule has 1 amide bonds. The number of nitrogens with zero attached hydrogens (tertiary/aromatic N) is 2. The Hall–Kier alpha value is -2.18. The van der Waals surface area contributed by atoms with Crippen molar-refractivity contribution in [3.63, 3.8) is 0 Å². The first-order valence-electron chi connectivity index (χ1n) is 8.70. The van der Waals surface area contributed by atoms with E-state index in [2.05, 4.69) is 4.98 Å². The van der Waals surface area contributed by atoms with Crippen LogP contribution in [0, 0.1) is 0 Å². The molecular weight excluding hydrogens is 320 g/mol. The predicted octanol–water partition coefficient (Wildman–Crippen LogP) is 2.66. The van der Waals surface area contributed by atoms with Crippen LogP contribution in [-0.4, -0.2) is 47.2 Å². The van der Waals surface area contributed by atoms with Crippen LogP contribution < -0.4 is 0 Å². The molecule has 2 fully saturated rings. The van der Waals surface area contributed by atoms with Gasteiger partial charge < -0.3 is 18.8 Å². The lowest BCUT2D eigenvalue weighted by molar-refractivity contribution is -0.0412. The Morgan fingerprint density at radius 1 is 1.36 bits per heavy atom. The summed E-state index contributed by atoms with van der Waals surface area (Å²) in [5.41, 5.74) is 1.54. The van der Waals surface area contributed by atoms with Crippen LogP contribution in [0.5, 0.6) is 0 Å². The van der Waals surface area contributed by atoms with E-state index in [4.69, 9.17) is 13.9 Å². The van der Waals surface area contributed by atoms with E-state index in [1.165, 1.54) is 12.5 Å². The van der Waals surface area contributed by atoms with E-state index in [1.54, 1.807) is 12.3 Å². The Bertz CT molecular complexity index is 693. The van der Waals surface area contributed by atoms with Gasteiger partial charge in [0.15, 0.2) is 0 Å². The first kappa shape index (κ1) is 16.3. The fourth-order valence-corrected chi connectivity index (χ4v) is 3.64. The Morgan fingerprint density at radius 3 is 2.96 bits per heavy atom. The minimum atomic E-state index is -0.146. The van der Waals surface area contributed by atoms with Gasteiger partial charge in [0, 0.05) is 31.9 Å². The van der Waals surface area contributed by atoms with Crippen molar-refractivity contribution < 1.29 is 18.7 Å². The number of hydrogen-bond donors (Lipinski definition) is 0. The zero-order valence-corrected chi connectivity index (χ0v) is 14.1. The minimum absolute atomic E-state index is 0.0333. The SMILES string of the molecule is O=C(c1ccoc1)N1CCC2(CC1)CC(OCc1cccnc1)CO2. The van der Waals surface area contributed by atoms with Crippen LogP contribution in [0.4, 0.5) is 0 Å². The van der Waals surface area contributed by atoms with Crippen molar-refractivity contribution in [1.29, 1.82) is 0 Å². The number of ether oxygens (including phenoxy) is 2. The lowest BCUT2D eigenvalue weighted by Crippen LogP contribution is -2.46. The highest BCUT2D eigenvalue weighted by molar-refractivity contribution is 5.93. The van der Waals surface area contributed by atoms with Crippen molar-refractivity contribution in [1.82, 2.24) is 9.88 Å². The average Bonchev–Trinajstić information content (AvgIpc) is 3.32. The smallest absolute Gasteiger partial charge is 0.257 e. The van der Waals surface area contributed by atoms with E-state index >= 15 is 0 Å². The molecule has 2 aromatic rings. The van der Waals surface area contributed by atoms with Crippen molar-refractivity contribution >= 4 is 5.91 Å². The molecule has 0 N–H and O–H groups in total. The lowest BCUT2D eigenvalue weighted by Gasteiger charge is -2.38. The van der Waals surface area contributed by atoms with Crippen molar-refractivity contribution in [3.8, 4) is 0 Å². The molecule has 6 heteroatoms. The topological polar surface area (TPSA) is 64.8 Å². The Kier molecular flexibility index (Phi) is 4.55. The van der Waals surface area contributed by atoms with Gasteiger partial charge in [0.1, 0.15) is 6.26 Å². The van der Waals surface area contributed by atoms with Gasteiger partial charge in [-0.2, -0.15) is 0 Å². The van der Waals surface area contributed by atoms with Crippen LogP contribution in [0.2, 0.25) is 0 Å². The third-order valence-electron chi connectivity index (χ3n) is 5.11. The number of amides is 1. The second-order valence-corrected chi connectivity index (χ2v) is 6.80. The number of rotatable bonds is 4. The molecule has 0 bridgehead atoms. The van der Waals surface area contributed by atoms with Gasteiger partial charge in [0.2, 0.25) is 0 Å². The molecule has 4 rings (SSSR count). The van der Waals surface area contributed by atoms with Gasteiger partial charge in [-0.15, -0.1) is 0 Å². The monoisotopic (exact) mass is 342 g/mol.